The molecule has 17 heavy (non-hydrogen) atoms. The molecule has 2 saturated carbocycles. The van der Waals surface area contributed by atoms with E-state index in [4.69, 9.17) is 0 Å². The van der Waals surface area contributed by atoms with Crippen molar-refractivity contribution in [3.8, 4) is 0 Å². The molecule has 0 heterocycles. The first-order valence-corrected chi connectivity index (χ1v) is 10.6. The van der Waals surface area contributed by atoms with E-state index in [1.54, 1.807) is 51.4 Å². The van der Waals surface area contributed by atoms with E-state index >= 15 is 0 Å². The van der Waals surface area contributed by atoms with Gasteiger partial charge in [0.1, 0.15) is 0 Å². The summed E-state index contributed by atoms with van der Waals surface area (Å²) in [5.41, 5.74) is 0. The standard InChI is InChI=1S/C16H30I/c1-3-7-11-15(12-8-4-1)17-16-13-9-5-2-6-10-14-16/h15-16H,1-14H2/q-1. The molecule has 0 nitrogen and oxygen atoms in total. The Kier molecular flexibility index (Phi) is 7.29. The Morgan fingerprint density at radius 3 is 1.06 bits per heavy atom. The molecule has 102 valence electrons. The monoisotopic (exact) mass is 349 g/mol. The summed E-state index contributed by atoms with van der Waals surface area (Å²) in [6.45, 7) is 0. The molecule has 2 aliphatic carbocycles. The van der Waals surface area contributed by atoms with Crippen molar-refractivity contribution in [1.29, 1.82) is 0 Å². The van der Waals surface area contributed by atoms with Crippen molar-refractivity contribution in [3.05, 3.63) is 0 Å². The Morgan fingerprint density at radius 2 is 0.706 bits per heavy atom. The maximum absolute atomic E-state index is 1.60. The van der Waals surface area contributed by atoms with Gasteiger partial charge in [0.05, 0.1) is 0 Å². The zero-order valence-corrected chi connectivity index (χ0v) is 13.6. The van der Waals surface area contributed by atoms with Crippen LogP contribution in [0, 0.1) is 0 Å². The van der Waals surface area contributed by atoms with Crippen LogP contribution < -0.4 is 21.2 Å². The topological polar surface area (TPSA) is 0 Å². The second-order valence-corrected chi connectivity index (χ2v) is 10.3. The summed E-state index contributed by atoms with van der Waals surface area (Å²) in [6, 6.07) is 0. The van der Waals surface area contributed by atoms with Crippen LogP contribution in [0.5, 0.6) is 0 Å². The van der Waals surface area contributed by atoms with E-state index in [0.717, 1.165) is 0 Å². The number of rotatable bonds is 2. The van der Waals surface area contributed by atoms with Gasteiger partial charge in [-0.3, -0.25) is 0 Å². The first-order chi connectivity index (χ1) is 8.45. The Balaban J connectivity index is 1.72. The van der Waals surface area contributed by atoms with Crippen LogP contribution in [0.2, 0.25) is 0 Å². The molecule has 2 fully saturated rings. The predicted molar refractivity (Wildman–Crippen MR) is 72.2 cm³/mol. The van der Waals surface area contributed by atoms with Crippen molar-refractivity contribution in [3.63, 3.8) is 0 Å². The second-order valence-electron chi connectivity index (χ2n) is 6.01. The summed E-state index contributed by atoms with van der Waals surface area (Å²) in [5, 5.41) is 0. The minimum absolute atomic E-state index is 0.523. The zero-order valence-electron chi connectivity index (χ0n) is 11.4. The van der Waals surface area contributed by atoms with Gasteiger partial charge in [-0.25, -0.2) is 0 Å². The van der Waals surface area contributed by atoms with Crippen LogP contribution >= 0.6 is 0 Å². The summed E-state index contributed by atoms with van der Waals surface area (Å²) in [6.07, 6.45) is 21.8. The first-order valence-electron chi connectivity index (χ1n) is 8.07. The number of hydrogen-bond acceptors (Lipinski definition) is 0. The minimum atomic E-state index is 0.523. The van der Waals surface area contributed by atoms with Gasteiger partial charge in [0.25, 0.3) is 0 Å². The van der Waals surface area contributed by atoms with E-state index in [9.17, 15) is 0 Å². The fourth-order valence-electron chi connectivity index (χ4n) is 3.32. The van der Waals surface area contributed by atoms with Crippen LogP contribution in [-0.2, 0) is 0 Å². The SMILES string of the molecule is C1CCCC([I-]C2CCCCCCC2)CCC1. The Hall–Kier alpha value is 0.730. The fraction of sp³-hybridized carbons (Fsp3) is 1.00. The third-order valence-corrected chi connectivity index (χ3v) is 8.95. The second kappa shape index (κ2) is 8.77. The zero-order chi connectivity index (χ0) is 11.8. The molecule has 0 radical (unpaired) electrons. The van der Waals surface area contributed by atoms with Crippen LogP contribution in [0.15, 0.2) is 0 Å². The summed E-state index contributed by atoms with van der Waals surface area (Å²) < 4.78 is 2.41. The molecule has 2 rings (SSSR count). The summed E-state index contributed by atoms with van der Waals surface area (Å²) >= 11 is 0.523. The molecule has 2 aliphatic rings. The van der Waals surface area contributed by atoms with Gasteiger partial charge < -0.3 is 0 Å². The molecule has 0 aromatic carbocycles. The van der Waals surface area contributed by atoms with Crippen LogP contribution in [0.25, 0.3) is 0 Å². The van der Waals surface area contributed by atoms with Gasteiger partial charge in [0.2, 0.25) is 0 Å². The van der Waals surface area contributed by atoms with E-state index in [2.05, 4.69) is 0 Å². The van der Waals surface area contributed by atoms with Gasteiger partial charge in [-0.1, -0.05) is 0 Å². The molecule has 0 unspecified atom stereocenters. The molecule has 0 aromatic heterocycles. The van der Waals surface area contributed by atoms with Gasteiger partial charge in [-0.05, 0) is 0 Å². The number of halogens is 1. The van der Waals surface area contributed by atoms with Crippen molar-refractivity contribution in [2.24, 2.45) is 0 Å². The quantitative estimate of drug-likeness (QED) is 0.530. The third-order valence-electron chi connectivity index (χ3n) is 4.43. The van der Waals surface area contributed by atoms with Gasteiger partial charge in [0, 0.05) is 0 Å². The summed E-state index contributed by atoms with van der Waals surface area (Å²) in [5.74, 6) is 0. The third kappa shape index (κ3) is 5.94. The molecule has 0 spiro atoms. The molecule has 0 saturated heterocycles. The summed E-state index contributed by atoms with van der Waals surface area (Å²) in [7, 11) is 0. The molecule has 0 bridgehead atoms. The maximum atomic E-state index is 1.60. The predicted octanol–water partition coefficient (Wildman–Crippen LogP) is 2.30. The van der Waals surface area contributed by atoms with E-state index in [1.807, 2.05) is 0 Å². The van der Waals surface area contributed by atoms with E-state index in [0.29, 0.717) is 21.2 Å². The van der Waals surface area contributed by atoms with Crippen LogP contribution in [0.3, 0.4) is 0 Å². The van der Waals surface area contributed by atoms with Gasteiger partial charge >= 0.3 is 119 Å². The van der Waals surface area contributed by atoms with Crippen LogP contribution in [0.4, 0.5) is 0 Å². The normalized spacial score (nSPS) is 27.1. The van der Waals surface area contributed by atoms with Crippen molar-refractivity contribution in [1.82, 2.24) is 0 Å². The molecule has 1 heteroatoms. The van der Waals surface area contributed by atoms with Crippen LogP contribution in [-0.4, -0.2) is 7.85 Å². The Bertz CT molecular complexity index is 154. The molecule has 0 N–H and O–H groups in total. The average Bonchev–Trinajstić information content (AvgIpc) is 2.24. The van der Waals surface area contributed by atoms with Crippen LogP contribution in [0.1, 0.15) is 89.9 Å². The first kappa shape index (κ1) is 14.1. The van der Waals surface area contributed by atoms with Crippen molar-refractivity contribution >= 4 is 0 Å². The van der Waals surface area contributed by atoms with Crippen molar-refractivity contribution in [2.45, 2.75) is 97.7 Å². The average molecular weight is 349 g/mol. The molecule has 0 atom stereocenters. The van der Waals surface area contributed by atoms with E-state index in [-0.39, 0.29) is 0 Å². The number of hydrogen-bond donors (Lipinski definition) is 0. The molecule has 0 amide bonds. The van der Waals surface area contributed by atoms with Gasteiger partial charge in [-0.2, -0.15) is 0 Å². The fourth-order valence-corrected chi connectivity index (χ4v) is 7.95. The molecule has 0 aromatic rings. The molecule has 0 aliphatic heterocycles. The van der Waals surface area contributed by atoms with Crippen molar-refractivity contribution < 1.29 is 21.2 Å². The summed E-state index contributed by atoms with van der Waals surface area (Å²) in [4.78, 5) is 0. The van der Waals surface area contributed by atoms with E-state index in [1.165, 1.54) is 46.4 Å². The Labute approximate surface area is 119 Å². The molecular weight excluding hydrogens is 319 g/mol. The van der Waals surface area contributed by atoms with E-state index < -0.39 is 0 Å². The number of alkyl halides is 2. The Morgan fingerprint density at radius 1 is 0.412 bits per heavy atom. The van der Waals surface area contributed by atoms with Crippen molar-refractivity contribution in [2.75, 3.05) is 0 Å². The van der Waals surface area contributed by atoms with Gasteiger partial charge in [0.15, 0.2) is 0 Å². The van der Waals surface area contributed by atoms with Gasteiger partial charge in [-0.15, -0.1) is 0 Å². The molecular formula is C16H30I-.